The standard InChI is InChI=1S/C15H23N3O/c1-12-4-3-5-13(2)14(12)17-7-9-18(10-8-17)15-16-6-11-19-15/h3-5,15-16H,6-11H2,1-2H3. The van der Waals surface area contributed by atoms with Crippen LogP contribution in [0.3, 0.4) is 0 Å². The number of hydrogen-bond donors (Lipinski definition) is 1. The van der Waals surface area contributed by atoms with Crippen LogP contribution in [0, 0.1) is 13.8 Å². The van der Waals surface area contributed by atoms with Gasteiger partial charge < -0.3 is 9.64 Å². The number of rotatable bonds is 2. The second-order valence-electron chi connectivity index (χ2n) is 5.44. The molecule has 2 aliphatic heterocycles. The fourth-order valence-electron chi connectivity index (χ4n) is 3.13. The summed E-state index contributed by atoms with van der Waals surface area (Å²) in [5.74, 6) is 0. The van der Waals surface area contributed by atoms with Crippen LogP contribution < -0.4 is 10.2 Å². The number of para-hydroxylation sites is 1. The molecule has 0 aromatic heterocycles. The van der Waals surface area contributed by atoms with Gasteiger partial charge in [-0.1, -0.05) is 18.2 Å². The molecule has 104 valence electrons. The first-order chi connectivity index (χ1) is 9.25. The van der Waals surface area contributed by atoms with Crippen molar-refractivity contribution in [3.63, 3.8) is 0 Å². The van der Waals surface area contributed by atoms with Crippen LogP contribution >= 0.6 is 0 Å². The molecule has 4 heteroatoms. The van der Waals surface area contributed by atoms with Gasteiger partial charge in [-0.2, -0.15) is 0 Å². The van der Waals surface area contributed by atoms with Crippen molar-refractivity contribution in [1.29, 1.82) is 0 Å². The van der Waals surface area contributed by atoms with E-state index in [2.05, 4.69) is 47.2 Å². The molecule has 1 N–H and O–H groups in total. The zero-order valence-electron chi connectivity index (χ0n) is 11.9. The Kier molecular flexibility index (Phi) is 3.73. The van der Waals surface area contributed by atoms with Crippen molar-refractivity contribution in [3.8, 4) is 0 Å². The van der Waals surface area contributed by atoms with Crippen LogP contribution in [0.25, 0.3) is 0 Å². The molecule has 0 aliphatic carbocycles. The number of piperazine rings is 1. The molecule has 19 heavy (non-hydrogen) atoms. The molecule has 2 saturated heterocycles. The molecule has 1 aromatic rings. The fraction of sp³-hybridized carbons (Fsp3) is 0.600. The number of nitrogens with zero attached hydrogens (tertiary/aromatic N) is 2. The maximum Gasteiger partial charge on any atom is 0.166 e. The highest BCUT2D eigenvalue weighted by Gasteiger charge is 2.27. The molecule has 0 radical (unpaired) electrons. The number of benzene rings is 1. The lowest BCUT2D eigenvalue weighted by Crippen LogP contribution is -2.53. The first-order valence-corrected chi connectivity index (χ1v) is 7.16. The van der Waals surface area contributed by atoms with Gasteiger partial charge in [-0.15, -0.1) is 0 Å². The average molecular weight is 261 g/mol. The van der Waals surface area contributed by atoms with E-state index in [1.165, 1.54) is 16.8 Å². The monoisotopic (exact) mass is 261 g/mol. The second-order valence-corrected chi connectivity index (χ2v) is 5.44. The molecule has 1 atom stereocenters. The Morgan fingerprint density at radius 2 is 1.79 bits per heavy atom. The number of hydrogen-bond acceptors (Lipinski definition) is 4. The van der Waals surface area contributed by atoms with E-state index in [4.69, 9.17) is 4.74 Å². The summed E-state index contributed by atoms with van der Waals surface area (Å²) in [5, 5.41) is 3.39. The Morgan fingerprint density at radius 1 is 1.11 bits per heavy atom. The van der Waals surface area contributed by atoms with Crippen LogP contribution in [0.4, 0.5) is 5.69 Å². The SMILES string of the molecule is Cc1cccc(C)c1N1CCN(C2NCCO2)CC1. The average Bonchev–Trinajstić information content (AvgIpc) is 2.93. The van der Waals surface area contributed by atoms with Crippen LogP contribution in [0.15, 0.2) is 18.2 Å². The third-order valence-electron chi connectivity index (χ3n) is 4.10. The van der Waals surface area contributed by atoms with Gasteiger partial charge in [0.15, 0.2) is 6.35 Å². The van der Waals surface area contributed by atoms with Gasteiger partial charge in [0.25, 0.3) is 0 Å². The van der Waals surface area contributed by atoms with Crippen molar-refractivity contribution in [1.82, 2.24) is 10.2 Å². The Balaban J connectivity index is 1.66. The van der Waals surface area contributed by atoms with Gasteiger partial charge in [-0.3, -0.25) is 10.2 Å². The van der Waals surface area contributed by atoms with E-state index < -0.39 is 0 Å². The zero-order chi connectivity index (χ0) is 13.2. The molecule has 0 spiro atoms. The summed E-state index contributed by atoms with van der Waals surface area (Å²) in [6.07, 6.45) is 0.139. The minimum atomic E-state index is 0.139. The third-order valence-corrected chi connectivity index (χ3v) is 4.10. The lowest BCUT2D eigenvalue weighted by Gasteiger charge is -2.39. The van der Waals surface area contributed by atoms with E-state index in [1.54, 1.807) is 0 Å². The lowest BCUT2D eigenvalue weighted by atomic mass is 10.1. The summed E-state index contributed by atoms with van der Waals surface area (Å²) in [4.78, 5) is 4.91. The summed E-state index contributed by atoms with van der Waals surface area (Å²) in [6.45, 7) is 10.5. The molecule has 4 nitrogen and oxygen atoms in total. The molecular formula is C15H23N3O. The summed E-state index contributed by atoms with van der Waals surface area (Å²) in [7, 11) is 0. The van der Waals surface area contributed by atoms with Crippen molar-refractivity contribution in [2.75, 3.05) is 44.2 Å². The van der Waals surface area contributed by atoms with E-state index in [0.29, 0.717) is 0 Å². The van der Waals surface area contributed by atoms with Crippen molar-refractivity contribution in [3.05, 3.63) is 29.3 Å². The maximum atomic E-state index is 5.68. The number of nitrogens with one attached hydrogen (secondary N) is 1. The number of anilines is 1. The van der Waals surface area contributed by atoms with Crippen molar-refractivity contribution in [2.45, 2.75) is 20.2 Å². The molecule has 1 unspecified atom stereocenters. The van der Waals surface area contributed by atoms with E-state index >= 15 is 0 Å². The summed E-state index contributed by atoms with van der Waals surface area (Å²) in [6, 6.07) is 6.55. The van der Waals surface area contributed by atoms with Gasteiger partial charge in [0.05, 0.1) is 6.61 Å². The minimum Gasteiger partial charge on any atom is -0.369 e. The Labute approximate surface area is 115 Å². The van der Waals surface area contributed by atoms with E-state index in [1.807, 2.05) is 0 Å². The normalized spacial score (nSPS) is 24.9. The van der Waals surface area contributed by atoms with Gasteiger partial charge in [0, 0.05) is 38.4 Å². The van der Waals surface area contributed by atoms with E-state index in [-0.39, 0.29) is 6.35 Å². The van der Waals surface area contributed by atoms with E-state index in [0.717, 1.165) is 39.3 Å². The topological polar surface area (TPSA) is 27.7 Å². The third kappa shape index (κ3) is 2.61. The predicted molar refractivity (Wildman–Crippen MR) is 77.4 cm³/mol. The van der Waals surface area contributed by atoms with Gasteiger partial charge in [0.2, 0.25) is 0 Å². The van der Waals surface area contributed by atoms with Crippen molar-refractivity contribution >= 4 is 5.69 Å². The quantitative estimate of drug-likeness (QED) is 0.869. The second kappa shape index (κ2) is 5.49. The largest absolute Gasteiger partial charge is 0.369 e. The molecule has 2 aliphatic rings. The van der Waals surface area contributed by atoms with Crippen LogP contribution in [0.1, 0.15) is 11.1 Å². The molecule has 2 fully saturated rings. The van der Waals surface area contributed by atoms with Crippen molar-refractivity contribution in [2.24, 2.45) is 0 Å². The van der Waals surface area contributed by atoms with Gasteiger partial charge >= 0.3 is 0 Å². The minimum absolute atomic E-state index is 0.139. The highest BCUT2D eigenvalue weighted by molar-refractivity contribution is 5.59. The summed E-state index contributed by atoms with van der Waals surface area (Å²) in [5.41, 5.74) is 4.18. The van der Waals surface area contributed by atoms with E-state index in [9.17, 15) is 0 Å². The first kappa shape index (κ1) is 12.9. The summed E-state index contributed by atoms with van der Waals surface area (Å²) < 4.78 is 5.68. The van der Waals surface area contributed by atoms with Gasteiger partial charge in [-0.05, 0) is 25.0 Å². The highest BCUT2D eigenvalue weighted by Crippen LogP contribution is 2.25. The van der Waals surface area contributed by atoms with Crippen LogP contribution in [0.2, 0.25) is 0 Å². The molecular weight excluding hydrogens is 238 g/mol. The molecule has 0 bridgehead atoms. The maximum absolute atomic E-state index is 5.68. The molecule has 0 amide bonds. The van der Waals surface area contributed by atoms with Crippen LogP contribution in [0.5, 0.6) is 0 Å². The molecule has 0 saturated carbocycles. The first-order valence-electron chi connectivity index (χ1n) is 7.16. The fourth-order valence-corrected chi connectivity index (χ4v) is 3.13. The summed E-state index contributed by atoms with van der Waals surface area (Å²) >= 11 is 0. The van der Waals surface area contributed by atoms with Gasteiger partial charge in [-0.25, -0.2) is 0 Å². The highest BCUT2D eigenvalue weighted by atomic mass is 16.5. The zero-order valence-corrected chi connectivity index (χ0v) is 11.9. The Bertz CT molecular complexity index is 415. The molecule has 3 rings (SSSR count). The Hall–Kier alpha value is -1.10. The molecule has 1 aromatic carbocycles. The van der Waals surface area contributed by atoms with Crippen LogP contribution in [-0.2, 0) is 4.74 Å². The number of aryl methyl sites for hydroxylation is 2. The van der Waals surface area contributed by atoms with Crippen LogP contribution in [-0.4, -0.2) is 50.6 Å². The van der Waals surface area contributed by atoms with Crippen molar-refractivity contribution < 1.29 is 4.74 Å². The van der Waals surface area contributed by atoms with Gasteiger partial charge in [0.1, 0.15) is 0 Å². The smallest absolute Gasteiger partial charge is 0.166 e. The Morgan fingerprint density at radius 3 is 2.37 bits per heavy atom. The molecule has 2 heterocycles. The lowest BCUT2D eigenvalue weighted by molar-refractivity contribution is -0.0338. The number of ether oxygens (including phenoxy) is 1. The predicted octanol–water partition coefficient (Wildman–Crippen LogP) is 1.33.